The molecule has 0 fully saturated rings. The molecule has 17 heavy (non-hydrogen) atoms. The van der Waals surface area contributed by atoms with Crippen LogP contribution >= 0.6 is 0 Å². The molecule has 0 saturated heterocycles. The second-order valence-electron chi connectivity index (χ2n) is 4.50. The number of aliphatic hydroxyl groups excluding tert-OH is 3. The number of quaternary nitrogens is 1. The number of hydrogen-bond acceptors (Lipinski definition) is 4. The van der Waals surface area contributed by atoms with E-state index in [0.29, 0.717) is 0 Å². The van der Waals surface area contributed by atoms with Gasteiger partial charge in [0.1, 0.15) is 6.54 Å². The van der Waals surface area contributed by atoms with Gasteiger partial charge in [0, 0.05) is 0 Å². The number of aliphatic hydroxyl groups is 3. The number of nitrogens with one attached hydrogen (secondary N) is 1. The molecular formula is C10H21ClN2O4. The lowest BCUT2D eigenvalue weighted by molar-refractivity contribution is -0.979. The maximum atomic E-state index is 11.2. The Labute approximate surface area is 108 Å². The second kappa shape index (κ2) is 7.62. The molecule has 0 spiro atoms. The van der Waals surface area contributed by atoms with Crippen molar-refractivity contribution in [2.75, 3.05) is 26.7 Å². The largest absolute Gasteiger partial charge is 1.00 e. The summed E-state index contributed by atoms with van der Waals surface area (Å²) in [4.78, 5) is 11.2. The Morgan fingerprint density at radius 2 is 1.71 bits per heavy atom. The normalized spacial score (nSPS) is 11.6. The quantitative estimate of drug-likeness (QED) is 0.214. The molecule has 0 rings (SSSR count). The van der Waals surface area contributed by atoms with E-state index in [9.17, 15) is 4.79 Å². The van der Waals surface area contributed by atoms with Crippen LogP contribution in [-0.4, -0.2) is 58.0 Å². The lowest BCUT2D eigenvalue weighted by Gasteiger charge is -2.38. The van der Waals surface area contributed by atoms with Crippen molar-refractivity contribution < 1.29 is 37.0 Å². The highest BCUT2D eigenvalue weighted by Crippen LogP contribution is 2.12. The molecule has 0 atom stereocenters. The van der Waals surface area contributed by atoms with Crippen molar-refractivity contribution in [2.45, 2.75) is 19.4 Å². The van der Waals surface area contributed by atoms with Gasteiger partial charge < -0.3 is 33.0 Å². The Morgan fingerprint density at radius 1 is 1.29 bits per heavy atom. The minimum absolute atomic E-state index is 0. The molecule has 4 N–H and O–H groups in total. The standard InChI is InChI=1S/C10H20N2O4.ClH/c1-4-9(16)11-10(2,3)5-12(6-13,7-14)8-15;/h4,13-15H,1,5-8H2,2-3H3;1H. The number of carbonyl (C=O) groups excluding carboxylic acids is 1. The van der Waals surface area contributed by atoms with Crippen molar-refractivity contribution in [3.63, 3.8) is 0 Å². The number of amides is 1. The van der Waals surface area contributed by atoms with Crippen LogP contribution in [0.5, 0.6) is 0 Å². The monoisotopic (exact) mass is 268 g/mol. The topological polar surface area (TPSA) is 89.8 Å². The second-order valence-corrected chi connectivity index (χ2v) is 4.50. The first-order valence-electron chi connectivity index (χ1n) is 4.97. The summed E-state index contributed by atoms with van der Waals surface area (Å²) in [5.74, 6) is -0.336. The van der Waals surface area contributed by atoms with Gasteiger partial charge in [-0.05, 0) is 19.9 Å². The fourth-order valence-electron chi connectivity index (χ4n) is 1.55. The van der Waals surface area contributed by atoms with E-state index in [1.807, 2.05) is 0 Å². The lowest BCUT2D eigenvalue weighted by atomic mass is 10.0. The van der Waals surface area contributed by atoms with Crippen molar-refractivity contribution in [3.8, 4) is 0 Å². The van der Waals surface area contributed by atoms with Gasteiger partial charge in [0.15, 0.2) is 20.2 Å². The third-order valence-electron chi connectivity index (χ3n) is 2.28. The van der Waals surface area contributed by atoms with E-state index in [1.54, 1.807) is 13.8 Å². The Balaban J connectivity index is 0. The fraction of sp³-hybridized carbons (Fsp3) is 0.700. The Hall–Kier alpha value is -0.660. The number of carbonyl (C=O) groups is 1. The summed E-state index contributed by atoms with van der Waals surface area (Å²) in [6, 6.07) is 0. The summed E-state index contributed by atoms with van der Waals surface area (Å²) in [6.07, 6.45) is 1.15. The van der Waals surface area contributed by atoms with Gasteiger partial charge in [-0.1, -0.05) is 6.58 Å². The minimum Gasteiger partial charge on any atom is -1.00 e. The van der Waals surface area contributed by atoms with E-state index >= 15 is 0 Å². The van der Waals surface area contributed by atoms with Crippen LogP contribution in [0.3, 0.4) is 0 Å². The van der Waals surface area contributed by atoms with Crippen LogP contribution in [-0.2, 0) is 4.79 Å². The van der Waals surface area contributed by atoms with Crippen LogP contribution in [0.2, 0.25) is 0 Å². The summed E-state index contributed by atoms with van der Waals surface area (Å²) in [5, 5.41) is 30.1. The third-order valence-corrected chi connectivity index (χ3v) is 2.28. The molecule has 0 aromatic rings. The van der Waals surface area contributed by atoms with Gasteiger partial charge in [0.05, 0.1) is 5.54 Å². The molecule has 0 aliphatic heterocycles. The van der Waals surface area contributed by atoms with Gasteiger partial charge in [0.2, 0.25) is 5.91 Å². The third kappa shape index (κ3) is 5.99. The Morgan fingerprint density at radius 3 is 2.00 bits per heavy atom. The van der Waals surface area contributed by atoms with Gasteiger partial charge >= 0.3 is 0 Å². The summed E-state index contributed by atoms with van der Waals surface area (Å²) in [7, 11) is 0. The van der Waals surface area contributed by atoms with Crippen LogP contribution < -0.4 is 17.7 Å². The van der Waals surface area contributed by atoms with Crippen LogP contribution in [0.15, 0.2) is 12.7 Å². The van der Waals surface area contributed by atoms with Crippen molar-refractivity contribution >= 4 is 5.91 Å². The predicted octanol–water partition coefficient (Wildman–Crippen LogP) is -4.26. The van der Waals surface area contributed by atoms with E-state index in [1.165, 1.54) is 0 Å². The van der Waals surface area contributed by atoms with E-state index in [4.69, 9.17) is 15.3 Å². The van der Waals surface area contributed by atoms with Crippen LogP contribution in [0.4, 0.5) is 0 Å². The molecule has 0 heterocycles. The molecule has 0 bridgehead atoms. The van der Waals surface area contributed by atoms with Crippen LogP contribution in [0, 0.1) is 0 Å². The van der Waals surface area contributed by atoms with Gasteiger partial charge in [-0.2, -0.15) is 0 Å². The zero-order valence-electron chi connectivity index (χ0n) is 10.2. The molecule has 0 aliphatic rings. The fourth-order valence-corrected chi connectivity index (χ4v) is 1.55. The number of nitrogens with zero attached hydrogens (tertiary/aromatic N) is 1. The summed E-state index contributed by atoms with van der Waals surface area (Å²) < 4.78 is -0.301. The molecule has 1 amide bonds. The van der Waals surface area contributed by atoms with Crippen molar-refractivity contribution in [2.24, 2.45) is 0 Å². The molecule has 6 nitrogen and oxygen atoms in total. The highest BCUT2D eigenvalue weighted by atomic mass is 35.5. The minimum atomic E-state index is -0.667. The first-order chi connectivity index (χ1) is 7.34. The predicted molar refractivity (Wildman–Crippen MR) is 58.8 cm³/mol. The highest BCUT2D eigenvalue weighted by molar-refractivity contribution is 5.87. The zero-order valence-corrected chi connectivity index (χ0v) is 10.9. The summed E-state index contributed by atoms with van der Waals surface area (Å²) in [5.41, 5.74) is -0.667. The highest BCUT2D eigenvalue weighted by Gasteiger charge is 2.34. The lowest BCUT2D eigenvalue weighted by Crippen LogP contribution is -3.00. The molecule has 102 valence electrons. The summed E-state index contributed by atoms with van der Waals surface area (Å²) >= 11 is 0. The Kier molecular flexibility index (Phi) is 8.39. The molecule has 0 unspecified atom stereocenters. The van der Waals surface area contributed by atoms with E-state index < -0.39 is 25.7 Å². The molecule has 0 aromatic heterocycles. The molecule has 0 aliphatic carbocycles. The average Bonchev–Trinajstić information content (AvgIpc) is 2.25. The van der Waals surface area contributed by atoms with Gasteiger partial charge in [-0.15, -0.1) is 0 Å². The number of hydrogen-bond donors (Lipinski definition) is 4. The van der Waals surface area contributed by atoms with Crippen molar-refractivity contribution in [1.29, 1.82) is 0 Å². The molecule has 0 radical (unpaired) electrons. The van der Waals surface area contributed by atoms with Gasteiger partial charge in [-0.25, -0.2) is 0 Å². The van der Waals surface area contributed by atoms with Gasteiger partial charge in [-0.3, -0.25) is 9.28 Å². The maximum Gasteiger partial charge on any atom is 0.243 e. The molecule has 0 saturated carbocycles. The Bertz CT molecular complexity index is 246. The van der Waals surface area contributed by atoms with E-state index in [2.05, 4.69) is 11.9 Å². The number of halogens is 1. The zero-order chi connectivity index (χ0) is 12.8. The SMILES string of the molecule is C=CC(=O)NC(C)(C)C[N+](CO)(CO)CO.[Cl-]. The number of rotatable bonds is 7. The van der Waals surface area contributed by atoms with Crippen molar-refractivity contribution in [3.05, 3.63) is 12.7 Å². The first kappa shape index (κ1) is 18.7. The average molecular weight is 269 g/mol. The smallest absolute Gasteiger partial charge is 0.243 e. The first-order valence-corrected chi connectivity index (χ1v) is 4.97. The molecular weight excluding hydrogens is 248 g/mol. The van der Waals surface area contributed by atoms with Gasteiger partial charge in [0.25, 0.3) is 0 Å². The molecule has 0 aromatic carbocycles. The summed E-state index contributed by atoms with van der Waals surface area (Å²) in [6.45, 7) is 5.81. The molecule has 7 heteroatoms. The van der Waals surface area contributed by atoms with Crippen LogP contribution in [0.25, 0.3) is 0 Å². The van der Waals surface area contributed by atoms with E-state index in [-0.39, 0.29) is 29.3 Å². The van der Waals surface area contributed by atoms with Crippen molar-refractivity contribution in [1.82, 2.24) is 5.32 Å². The van der Waals surface area contributed by atoms with E-state index in [0.717, 1.165) is 6.08 Å². The van der Waals surface area contributed by atoms with Crippen LogP contribution in [0.1, 0.15) is 13.8 Å². The maximum absolute atomic E-state index is 11.2.